The summed E-state index contributed by atoms with van der Waals surface area (Å²) in [4.78, 5) is 11.0. The van der Waals surface area contributed by atoms with Crippen molar-refractivity contribution in [1.29, 1.82) is 0 Å². The second-order valence-corrected chi connectivity index (χ2v) is 3.16. The van der Waals surface area contributed by atoms with Gasteiger partial charge in [-0.1, -0.05) is 6.07 Å². The van der Waals surface area contributed by atoms with Crippen molar-refractivity contribution in [1.82, 2.24) is 0 Å². The SMILES string of the molecule is [2H][C@@](N)(C(C)=O)[C@@H](O)c1ccc(O)c(O)c1. The number of carbonyl (C=O) groups is 1. The zero-order chi connectivity index (χ0) is 12.5. The molecule has 82 valence electrons. The molecule has 5 nitrogen and oxygen atoms in total. The van der Waals surface area contributed by atoms with Gasteiger partial charge in [-0.2, -0.15) is 0 Å². The van der Waals surface area contributed by atoms with E-state index in [1.807, 2.05) is 0 Å². The van der Waals surface area contributed by atoms with Crippen molar-refractivity contribution in [3.05, 3.63) is 23.8 Å². The normalized spacial score (nSPS) is 17.7. The van der Waals surface area contributed by atoms with Gasteiger partial charge in [0.1, 0.15) is 11.9 Å². The number of rotatable bonds is 3. The van der Waals surface area contributed by atoms with E-state index in [-0.39, 0.29) is 11.3 Å². The molecule has 0 unspecified atom stereocenters. The van der Waals surface area contributed by atoms with E-state index in [9.17, 15) is 15.0 Å². The first-order valence-electron chi connectivity index (χ1n) is 4.76. The molecule has 1 aromatic carbocycles. The van der Waals surface area contributed by atoms with Gasteiger partial charge < -0.3 is 21.1 Å². The van der Waals surface area contributed by atoms with Crippen molar-refractivity contribution < 1.29 is 21.5 Å². The average molecular weight is 212 g/mol. The van der Waals surface area contributed by atoms with Crippen molar-refractivity contribution in [2.24, 2.45) is 5.73 Å². The molecular weight excluding hydrogens is 198 g/mol. The predicted molar refractivity (Wildman–Crippen MR) is 53.4 cm³/mol. The number of phenolic OH excluding ortho intramolecular Hbond substituents is 2. The Morgan fingerprint density at radius 1 is 1.47 bits per heavy atom. The molecule has 0 bridgehead atoms. The van der Waals surface area contributed by atoms with Crippen LogP contribution in [0, 0.1) is 0 Å². The summed E-state index contributed by atoms with van der Waals surface area (Å²) in [7, 11) is 0. The molecule has 1 aromatic rings. The van der Waals surface area contributed by atoms with Gasteiger partial charge in [-0.3, -0.25) is 4.79 Å². The molecule has 0 spiro atoms. The highest BCUT2D eigenvalue weighted by Crippen LogP contribution is 2.28. The maximum absolute atomic E-state index is 11.0. The third-order valence-electron chi connectivity index (χ3n) is 2.02. The lowest BCUT2D eigenvalue weighted by Crippen LogP contribution is -2.35. The molecule has 2 atom stereocenters. The highest BCUT2D eigenvalue weighted by Gasteiger charge is 2.21. The third-order valence-corrected chi connectivity index (χ3v) is 2.02. The number of aromatic hydroxyl groups is 2. The third kappa shape index (κ3) is 2.45. The quantitative estimate of drug-likeness (QED) is 0.530. The lowest BCUT2D eigenvalue weighted by atomic mass is 10.00. The molecule has 0 heterocycles. The molecular formula is C10H13NO4. The van der Waals surface area contributed by atoms with Crippen molar-refractivity contribution >= 4 is 5.78 Å². The van der Waals surface area contributed by atoms with E-state index in [1.54, 1.807) is 0 Å². The Bertz CT molecular complexity index is 419. The lowest BCUT2D eigenvalue weighted by Gasteiger charge is -2.16. The fourth-order valence-electron chi connectivity index (χ4n) is 1.08. The van der Waals surface area contributed by atoms with Crippen molar-refractivity contribution in [2.75, 3.05) is 0 Å². The van der Waals surface area contributed by atoms with Gasteiger partial charge in [0.15, 0.2) is 11.5 Å². The number of aliphatic hydroxyl groups excluding tert-OH is 1. The molecule has 0 saturated carbocycles. The smallest absolute Gasteiger partial charge is 0.157 e. The Kier molecular flexibility index (Phi) is 2.84. The monoisotopic (exact) mass is 212 g/mol. The first-order chi connectivity index (χ1) is 7.26. The van der Waals surface area contributed by atoms with Crippen molar-refractivity contribution in [3.63, 3.8) is 0 Å². The van der Waals surface area contributed by atoms with Crippen molar-refractivity contribution in [2.45, 2.75) is 19.0 Å². The van der Waals surface area contributed by atoms with Crippen LogP contribution in [0.15, 0.2) is 18.2 Å². The molecule has 0 aliphatic carbocycles. The van der Waals surface area contributed by atoms with E-state index in [0.717, 1.165) is 19.1 Å². The number of Topliss-reactive ketones (excluding diaryl/α,β-unsaturated/α-hetero) is 1. The van der Waals surface area contributed by atoms with Gasteiger partial charge in [-0.15, -0.1) is 0 Å². The number of benzene rings is 1. The Morgan fingerprint density at radius 3 is 2.53 bits per heavy atom. The Hall–Kier alpha value is -1.59. The van der Waals surface area contributed by atoms with Crippen LogP contribution < -0.4 is 5.73 Å². The van der Waals surface area contributed by atoms with Crippen LogP contribution >= 0.6 is 0 Å². The first kappa shape index (κ1) is 9.95. The minimum atomic E-state index is -2.18. The van der Waals surface area contributed by atoms with E-state index in [0.29, 0.717) is 0 Å². The van der Waals surface area contributed by atoms with Crippen LogP contribution in [0.3, 0.4) is 0 Å². The summed E-state index contributed by atoms with van der Waals surface area (Å²) in [5.74, 6) is -1.50. The van der Waals surface area contributed by atoms with Crippen LogP contribution in [0.1, 0.15) is 20.0 Å². The Labute approximate surface area is 88.2 Å². The number of hydrogen-bond acceptors (Lipinski definition) is 5. The molecule has 1 rings (SSSR count). The highest BCUT2D eigenvalue weighted by molar-refractivity contribution is 5.82. The molecule has 0 aliphatic heterocycles. The number of aliphatic hydroxyl groups is 1. The summed E-state index contributed by atoms with van der Waals surface area (Å²) in [5.41, 5.74) is 5.43. The van der Waals surface area contributed by atoms with E-state index >= 15 is 0 Å². The molecule has 0 aromatic heterocycles. The number of phenols is 2. The number of hydrogen-bond donors (Lipinski definition) is 4. The minimum absolute atomic E-state index is 0.0861. The molecule has 0 fully saturated rings. The number of nitrogens with two attached hydrogens (primary N) is 1. The van der Waals surface area contributed by atoms with Crippen LogP contribution in [-0.2, 0) is 4.79 Å². The molecule has 15 heavy (non-hydrogen) atoms. The van der Waals surface area contributed by atoms with Crippen LogP contribution in [0.5, 0.6) is 11.5 Å². The summed E-state index contributed by atoms with van der Waals surface area (Å²) in [6.07, 6.45) is -1.57. The fraction of sp³-hybridized carbons (Fsp3) is 0.300. The maximum Gasteiger partial charge on any atom is 0.157 e. The van der Waals surface area contributed by atoms with Gasteiger partial charge >= 0.3 is 0 Å². The van der Waals surface area contributed by atoms with Gasteiger partial charge in [0.2, 0.25) is 0 Å². The minimum Gasteiger partial charge on any atom is -0.504 e. The Balaban J connectivity index is 3.10. The van der Waals surface area contributed by atoms with Crippen molar-refractivity contribution in [3.8, 4) is 11.5 Å². The summed E-state index contributed by atoms with van der Waals surface area (Å²) < 4.78 is 7.48. The largest absolute Gasteiger partial charge is 0.504 e. The van der Waals surface area contributed by atoms with Gasteiger partial charge in [-0.25, -0.2) is 0 Å². The van der Waals surface area contributed by atoms with E-state index in [1.165, 1.54) is 6.07 Å². The molecule has 0 radical (unpaired) electrons. The summed E-state index contributed by atoms with van der Waals surface area (Å²) in [6, 6.07) is 1.30. The lowest BCUT2D eigenvalue weighted by molar-refractivity contribution is -0.120. The highest BCUT2D eigenvalue weighted by atomic mass is 16.3. The van der Waals surface area contributed by atoms with Gasteiger partial charge in [-0.05, 0) is 24.6 Å². The standard InChI is InChI=1S/C10H13NO4/c1-5(12)9(11)10(15)6-2-3-7(13)8(14)4-6/h2-4,9-10,13-15H,11H2,1H3/t9-,10+/m1/s1/i9D. The molecule has 0 aliphatic rings. The predicted octanol–water partition coefficient (Wildman–Crippen LogP) is 0.0475. The van der Waals surface area contributed by atoms with Gasteiger partial charge in [0.05, 0.1) is 7.39 Å². The second kappa shape index (κ2) is 4.29. The molecule has 5 N–H and O–H groups in total. The van der Waals surface area contributed by atoms with Gasteiger partial charge in [0.25, 0.3) is 0 Å². The number of ketones is 1. The number of carbonyl (C=O) groups excluding carboxylic acids is 1. The van der Waals surface area contributed by atoms with E-state index in [4.69, 9.17) is 12.2 Å². The van der Waals surface area contributed by atoms with Crippen LogP contribution in [0.4, 0.5) is 0 Å². The topological polar surface area (TPSA) is 104 Å². The summed E-state index contributed by atoms with van der Waals surface area (Å²) in [5, 5.41) is 28.0. The molecule has 5 heteroatoms. The average Bonchev–Trinajstić information content (AvgIpc) is 2.20. The zero-order valence-corrected chi connectivity index (χ0v) is 8.14. The fourth-order valence-corrected chi connectivity index (χ4v) is 1.08. The first-order valence-corrected chi connectivity index (χ1v) is 4.26. The molecule has 0 amide bonds. The summed E-state index contributed by atoms with van der Waals surface area (Å²) in [6.45, 7) is 1.09. The maximum atomic E-state index is 11.0. The second-order valence-electron chi connectivity index (χ2n) is 3.16. The summed E-state index contributed by atoms with van der Waals surface area (Å²) >= 11 is 0. The van der Waals surface area contributed by atoms with Gasteiger partial charge in [0, 0.05) is 0 Å². The Morgan fingerprint density at radius 2 is 2.07 bits per heavy atom. The van der Waals surface area contributed by atoms with Crippen LogP contribution in [0.25, 0.3) is 0 Å². The zero-order valence-electron chi connectivity index (χ0n) is 9.14. The van der Waals surface area contributed by atoms with Crippen LogP contribution in [0.2, 0.25) is 0 Å². The van der Waals surface area contributed by atoms with Crippen LogP contribution in [-0.4, -0.2) is 27.1 Å². The van der Waals surface area contributed by atoms with E-state index in [2.05, 4.69) is 0 Å². The van der Waals surface area contributed by atoms with E-state index < -0.39 is 23.7 Å². The molecule has 0 saturated heterocycles.